The third kappa shape index (κ3) is 4.05. The minimum Gasteiger partial charge on any atom is -0.312 e. The van der Waals surface area contributed by atoms with E-state index in [0.29, 0.717) is 11.5 Å². The number of aromatic nitrogens is 2. The van der Waals surface area contributed by atoms with Crippen molar-refractivity contribution in [2.45, 2.75) is 33.4 Å². The van der Waals surface area contributed by atoms with E-state index in [0.717, 1.165) is 31.7 Å². The molecule has 0 radical (unpaired) electrons. The molecule has 2 heterocycles. The fourth-order valence-electron chi connectivity index (χ4n) is 3.33. The van der Waals surface area contributed by atoms with E-state index in [1.165, 1.54) is 16.8 Å². The molecule has 3 rings (SSSR count). The van der Waals surface area contributed by atoms with Crippen molar-refractivity contribution < 1.29 is 8.42 Å². The fraction of sp³-hybridized carbons (Fsp3) is 0.500. The Bertz CT molecular complexity index is 797. The van der Waals surface area contributed by atoms with Crippen LogP contribution in [0.2, 0.25) is 0 Å². The van der Waals surface area contributed by atoms with Crippen LogP contribution in [-0.2, 0) is 22.9 Å². The summed E-state index contributed by atoms with van der Waals surface area (Å²) in [6.45, 7) is 6.39. The van der Waals surface area contributed by atoms with E-state index in [1.54, 1.807) is 0 Å². The van der Waals surface area contributed by atoms with Crippen LogP contribution < -0.4 is 5.32 Å². The molecule has 1 aliphatic rings. The Kier molecular flexibility index (Phi) is 5.06. The van der Waals surface area contributed by atoms with Gasteiger partial charge in [-0.1, -0.05) is 30.3 Å². The lowest BCUT2D eigenvalue weighted by molar-refractivity contribution is 0.519. The van der Waals surface area contributed by atoms with Gasteiger partial charge in [-0.25, -0.2) is 8.42 Å². The van der Waals surface area contributed by atoms with Crippen molar-refractivity contribution in [3.05, 3.63) is 52.8 Å². The first-order valence-electron chi connectivity index (χ1n) is 8.42. The molecule has 5 nitrogen and oxygen atoms in total. The normalized spacial score (nSPS) is 19.7. The maximum absolute atomic E-state index is 11.5. The molecule has 130 valence electrons. The fourth-order valence-corrected chi connectivity index (χ4v) is 5.20. The molecule has 1 saturated heterocycles. The van der Waals surface area contributed by atoms with Crippen molar-refractivity contribution in [2.24, 2.45) is 5.92 Å². The number of benzene rings is 1. The van der Waals surface area contributed by atoms with Gasteiger partial charge in [0, 0.05) is 17.8 Å². The van der Waals surface area contributed by atoms with Crippen LogP contribution in [0.25, 0.3) is 0 Å². The van der Waals surface area contributed by atoms with E-state index in [-0.39, 0.29) is 5.92 Å². The molecule has 6 heteroatoms. The van der Waals surface area contributed by atoms with Gasteiger partial charge in [0.05, 0.1) is 23.7 Å². The molecule has 0 spiro atoms. The van der Waals surface area contributed by atoms with Gasteiger partial charge in [0.25, 0.3) is 0 Å². The van der Waals surface area contributed by atoms with E-state index < -0.39 is 9.84 Å². The van der Waals surface area contributed by atoms with Gasteiger partial charge in [0.2, 0.25) is 0 Å². The topological polar surface area (TPSA) is 64.0 Å². The van der Waals surface area contributed by atoms with Gasteiger partial charge >= 0.3 is 0 Å². The Morgan fingerprint density at radius 1 is 1.25 bits per heavy atom. The van der Waals surface area contributed by atoms with E-state index >= 15 is 0 Å². The first kappa shape index (κ1) is 17.2. The molecule has 1 aliphatic heterocycles. The molecule has 24 heavy (non-hydrogen) atoms. The molecule has 0 bridgehead atoms. The number of sulfone groups is 1. The molecule has 1 fully saturated rings. The van der Waals surface area contributed by atoms with Gasteiger partial charge in [-0.2, -0.15) is 5.10 Å². The smallest absolute Gasteiger partial charge is 0.150 e. The van der Waals surface area contributed by atoms with Crippen LogP contribution in [0.1, 0.15) is 28.9 Å². The third-order valence-corrected chi connectivity index (χ3v) is 6.61. The van der Waals surface area contributed by atoms with Gasteiger partial charge in [-0.3, -0.25) is 4.68 Å². The first-order valence-corrected chi connectivity index (χ1v) is 10.2. The predicted octanol–water partition coefficient (Wildman–Crippen LogP) is 2.07. The van der Waals surface area contributed by atoms with E-state index in [4.69, 9.17) is 0 Å². The summed E-state index contributed by atoms with van der Waals surface area (Å²) in [6, 6.07) is 10.3. The molecule has 0 amide bonds. The molecular weight excluding hydrogens is 322 g/mol. The Hall–Kier alpha value is -1.66. The van der Waals surface area contributed by atoms with E-state index in [9.17, 15) is 8.42 Å². The second kappa shape index (κ2) is 7.07. The molecule has 1 atom stereocenters. The van der Waals surface area contributed by atoms with Crippen molar-refractivity contribution in [3.8, 4) is 0 Å². The van der Waals surface area contributed by atoms with Gasteiger partial charge < -0.3 is 5.32 Å². The molecule has 1 aromatic carbocycles. The zero-order valence-electron chi connectivity index (χ0n) is 14.3. The van der Waals surface area contributed by atoms with Crippen molar-refractivity contribution in [3.63, 3.8) is 0 Å². The monoisotopic (exact) mass is 347 g/mol. The minimum absolute atomic E-state index is 0.245. The average Bonchev–Trinajstić information content (AvgIpc) is 3.02. The lowest BCUT2D eigenvalue weighted by atomic mass is 10.1. The zero-order valence-corrected chi connectivity index (χ0v) is 15.1. The summed E-state index contributed by atoms with van der Waals surface area (Å²) in [7, 11) is -2.79. The molecule has 2 aromatic rings. The highest BCUT2D eigenvalue weighted by Crippen LogP contribution is 2.18. The average molecular weight is 347 g/mol. The second-order valence-corrected chi connectivity index (χ2v) is 8.92. The zero-order chi connectivity index (χ0) is 17.2. The van der Waals surface area contributed by atoms with Crippen LogP contribution in [0.4, 0.5) is 0 Å². The second-order valence-electron chi connectivity index (χ2n) is 6.69. The van der Waals surface area contributed by atoms with Gasteiger partial charge in [-0.15, -0.1) is 0 Å². The van der Waals surface area contributed by atoms with Crippen LogP contribution in [0.3, 0.4) is 0 Å². The predicted molar refractivity (Wildman–Crippen MR) is 95.7 cm³/mol. The Balaban J connectivity index is 1.60. The molecular formula is C18H25N3O2S. The summed E-state index contributed by atoms with van der Waals surface area (Å²) in [6.07, 6.45) is 0.778. The quantitative estimate of drug-likeness (QED) is 0.869. The van der Waals surface area contributed by atoms with Crippen molar-refractivity contribution in [1.29, 1.82) is 0 Å². The number of hydrogen-bond acceptors (Lipinski definition) is 4. The van der Waals surface area contributed by atoms with Crippen LogP contribution in [0.15, 0.2) is 30.3 Å². The lowest BCUT2D eigenvalue weighted by Crippen LogP contribution is -2.23. The van der Waals surface area contributed by atoms with Crippen LogP contribution in [-0.4, -0.2) is 36.2 Å². The van der Waals surface area contributed by atoms with E-state index in [1.807, 2.05) is 29.8 Å². The van der Waals surface area contributed by atoms with Crippen LogP contribution >= 0.6 is 0 Å². The molecule has 0 aliphatic carbocycles. The Morgan fingerprint density at radius 3 is 2.67 bits per heavy atom. The standard InChI is InChI=1S/C18H25N3O2S/c1-14-18(11-19-10-17-8-9-24(22,23)13-17)15(2)21(20-14)12-16-6-4-3-5-7-16/h3-7,17,19H,8-13H2,1-2H3/t17-/m0/s1. The van der Waals surface area contributed by atoms with Gasteiger partial charge in [0.15, 0.2) is 9.84 Å². The van der Waals surface area contributed by atoms with E-state index in [2.05, 4.69) is 29.5 Å². The molecule has 0 unspecified atom stereocenters. The first-order chi connectivity index (χ1) is 11.4. The number of aryl methyl sites for hydroxylation is 1. The van der Waals surface area contributed by atoms with Gasteiger partial charge in [-0.05, 0) is 38.3 Å². The maximum atomic E-state index is 11.5. The van der Waals surface area contributed by atoms with Crippen molar-refractivity contribution >= 4 is 9.84 Å². The summed E-state index contributed by atoms with van der Waals surface area (Å²) in [5.74, 6) is 0.910. The number of hydrogen-bond donors (Lipinski definition) is 1. The Labute approximate surface area is 144 Å². The molecule has 1 N–H and O–H groups in total. The highest BCUT2D eigenvalue weighted by atomic mass is 32.2. The van der Waals surface area contributed by atoms with Crippen molar-refractivity contribution in [1.82, 2.24) is 15.1 Å². The highest BCUT2D eigenvalue weighted by Gasteiger charge is 2.27. The molecule has 1 aromatic heterocycles. The third-order valence-electron chi connectivity index (χ3n) is 4.77. The lowest BCUT2D eigenvalue weighted by Gasteiger charge is -2.10. The summed E-state index contributed by atoms with van der Waals surface area (Å²) >= 11 is 0. The van der Waals surface area contributed by atoms with Crippen LogP contribution in [0.5, 0.6) is 0 Å². The van der Waals surface area contributed by atoms with Crippen LogP contribution in [0, 0.1) is 19.8 Å². The summed E-state index contributed by atoms with van der Waals surface area (Å²) in [5.41, 5.74) is 4.66. The minimum atomic E-state index is -2.79. The maximum Gasteiger partial charge on any atom is 0.150 e. The molecule has 0 saturated carbocycles. The number of rotatable bonds is 6. The summed E-state index contributed by atoms with van der Waals surface area (Å²) < 4.78 is 25.1. The number of nitrogens with zero attached hydrogens (tertiary/aromatic N) is 2. The van der Waals surface area contributed by atoms with Gasteiger partial charge in [0.1, 0.15) is 0 Å². The largest absolute Gasteiger partial charge is 0.312 e. The number of nitrogens with one attached hydrogen (secondary N) is 1. The Morgan fingerprint density at radius 2 is 2.00 bits per heavy atom. The SMILES string of the molecule is Cc1nn(Cc2ccccc2)c(C)c1CNC[C@@H]1CCS(=O)(=O)C1. The summed E-state index contributed by atoms with van der Waals surface area (Å²) in [5, 5.41) is 8.08. The summed E-state index contributed by atoms with van der Waals surface area (Å²) in [4.78, 5) is 0. The highest BCUT2D eigenvalue weighted by molar-refractivity contribution is 7.91. The van der Waals surface area contributed by atoms with Crippen molar-refractivity contribution in [2.75, 3.05) is 18.1 Å².